The lowest BCUT2D eigenvalue weighted by atomic mass is 9.67. The van der Waals surface area contributed by atoms with E-state index in [1.807, 2.05) is 0 Å². The summed E-state index contributed by atoms with van der Waals surface area (Å²) in [4.78, 5) is 0. The van der Waals surface area contributed by atoms with Crippen LogP contribution in [0.15, 0.2) is 36.0 Å². The highest BCUT2D eigenvalue weighted by Crippen LogP contribution is 2.43. The number of hydrogen-bond acceptors (Lipinski definition) is 0. The zero-order chi connectivity index (χ0) is 15.0. The van der Waals surface area contributed by atoms with Crippen LogP contribution >= 0.6 is 0 Å². The highest BCUT2D eigenvalue weighted by Gasteiger charge is 2.32. The Morgan fingerprint density at radius 3 is 2.60 bits per heavy atom. The standard InChI is InChI=1S/C20H34/c1-6-10-13-16(5)18-15-14-17(9-4)19(11-7-2)20(18)12-8-3/h7,9,11,16,18,20H,4,6,8,10,12-15H2,1-3,5H3/b11-7-. The first kappa shape index (κ1) is 17.3. The molecule has 1 rings (SSSR count). The summed E-state index contributed by atoms with van der Waals surface area (Å²) < 4.78 is 0. The van der Waals surface area contributed by atoms with E-state index in [4.69, 9.17) is 0 Å². The quantitative estimate of drug-likeness (QED) is 0.462. The molecule has 3 atom stereocenters. The van der Waals surface area contributed by atoms with Crippen LogP contribution < -0.4 is 0 Å². The molecule has 1 aliphatic carbocycles. The van der Waals surface area contributed by atoms with E-state index in [0.29, 0.717) is 0 Å². The predicted octanol–water partition coefficient (Wildman–Crippen LogP) is 6.70. The summed E-state index contributed by atoms with van der Waals surface area (Å²) in [5, 5.41) is 0. The second-order valence-electron chi connectivity index (χ2n) is 6.40. The molecular weight excluding hydrogens is 240 g/mol. The van der Waals surface area contributed by atoms with Crippen molar-refractivity contribution >= 4 is 0 Å². The summed E-state index contributed by atoms with van der Waals surface area (Å²) in [6, 6.07) is 0. The van der Waals surface area contributed by atoms with Crippen molar-refractivity contribution in [2.45, 2.75) is 72.6 Å². The summed E-state index contributed by atoms with van der Waals surface area (Å²) in [7, 11) is 0. The largest absolute Gasteiger partial charge is 0.0988 e. The Morgan fingerprint density at radius 2 is 2.05 bits per heavy atom. The Kier molecular flexibility index (Phi) is 7.95. The molecule has 1 aliphatic rings. The van der Waals surface area contributed by atoms with Crippen molar-refractivity contribution < 1.29 is 0 Å². The highest BCUT2D eigenvalue weighted by molar-refractivity contribution is 5.36. The van der Waals surface area contributed by atoms with Crippen LogP contribution in [0.2, 0.25) is 0 Å². The molecule has 0 aromatic carbocycles. The molecular formula is C20H34. The van der Waals surface area contributed by atoms with E-state index >= 15 is 0 Å². The summed E-state index contributed by atoms with van der Waals surface area (Å²) in [5.74, 6) is 2.49. The molecule has 0 aromatic rings. The Hall–Kier alpha value is -0.780. The van der Waals surface area contributed by atoms with E-state index in [1.165, 1.54) is 50.5 Å². The molecule has 0 amide bonds. The lowest BCUT2D eigenvalue weighted by Crippen LogP contribution is -2.27. The SMILES string of the molecule is C=CC1=C(/C=C\C)C(CCC)C(C(C)CCCC)CC1. The molecule has 0 heteroatoms. The van der Waals surface area contributed by atoms with Gasteiger partial charge in [-0.3, -0.25) is 0 Å². The fourth-order valence-electron chi connectivity index (χ4n) is 3.87. The van der Waals surface area contributed by atoms with Crippen molar-refractivity contribution in [1.82, 2.24) is 0 Å². The molecule has 0 heterocycles. The van der Waals surface area contributed by atoms with E-state index in [9.17, 15) is 0 Å². The first-order valence-corrected chi connectivity index (χ1v) is 8.67. The molecule has 20 heavy (non-hydrogen) atoms. The maximum atomic E-state index is 4.04. The van der Waals surface area contributed by atoms with E-state index in [1.54, 1.807) is 5.57 Å². The molecule has 0 aliphatic heterocycles. The molecule has 0 aromatic heterocycles. The van der Waals surface area contributed by atoms with Gasteiger partial charge in [-0.15, -0.1) is 0 Å². The van der Waals surface area contributed by atoms with Crippen LogP contribution in [0, 0.1) is 17.8 Å². The summed E-state index contributed by atoms with van der Waals surface area (Å²) in [5.41, 5.74) is 3.09. The summed E-state index contributed by atoms with van der Waals surface area (Å²) >= 11 is 0. The zero-order valence-corrected chi connectivity index (χ0v) is 14.1. The van der Waals surface area contributed by atoms with Crippen LogP contribution in [0.3, 0.4) is 0 Å². The van der Waals surface area contributed by atoms with E-state index in [2.05, 4.69) is 52.5 Å². The summed E-state index contributed by atoms with van der Waals surface area (Å²) in [6.07, 6.45) is 16.0. The second-order valence-corrected chi connectivity index (χ2v) is 6.40. The maximum Gasteiger partial charge on any atom is -0.0128 e. The second kappa shape index (κ2) is 9.21. The first-order valence-electron chi connectivity index (χ1n) is 8.67. The van der Waals surface area contributed by atoms with E-state index in [0.717, 1.165) is 17.8 Å². The first-order chi connectivity index (χ1) is 9.69. The lowest BCUT2D eigenvalue weighted by molar-refractivity contribution is 0.217. The van der Waals surface area contributed by atoms with Gasteiger partial charge in [0.05, 0.1) is 0 Å². The van der Waals surface area contributed by atoms with Gasteiger partial charge in [-0.1, -0.05) is 71.3 Å². The fraction of sp³-hybridized carbons (Fsp3) is 0.700. The van der Waals surface area contributed by atoms with Gasteiger partial charge in [0, 0.05) is 0 Å². The zero-order valence-electron chi connectivity index (χ0n) is 14.1. The van der Waals surface area contributed by atoms with Crippen molar-refractivity contribution in [3.8, 4) is 0 Å². The fourth-order valence-corrected chi connectivity index (χ4v) is 3.87. The van der Waals surface area contributed by atoms with Crippen molar-refractivity contribution in [3.05, 3.63) is 36.0 Å². The van der Waals surface area contributed by atoms with Crippen molar-refractivity contribution in [2.75, 3.05) is 0 Å². The van der Waals surface area contributed by atoms with Crippen molar-refractivity contribution in [3.63, 3.8) is 0 Å². The average Bonchev–Trinajstić information content (AvgIpc) is 2.46. The topological polar surface area (TPSA) is 0 Å². The van der Waals surface area contributed by atoms with Gasteiger partial charge < -0.3 is 0 Å². The van der Waals surface area contributed by atoms with Crippen LogP contribution in [0.25, 0.3) is 0 Å². The molecule has 114 valence electrons. The minimum atomic E-state index is 0.754. The molecule has 0 radical (unpaired) electrons. The van der Waals surface area contributed by atoms with Gasteiger partial charge in [-0.05, 0) is 55.1 Å². The normalized spacial score (nSPS) is 25.2. The Morgan fingerprint density at radius 1 is 1.30 bits per heavy atom. The van der Waals surface area contributed by atoms with Crippen LogP contribution in [0.1, 0.15) is 72.6 Å². The molecule has 3 unspecified atom stereocenters. The third kappa shape index (κ3) is 4.36. The Bertz CT molecular complexity index is 345. The van der Waals surface area contributed by atoms with Gasteiger partial charge in [-0.25, -0.2) is 0 Å². The highest BCUT2D eigenvalue weighted by atomic mass is 14.4. The maximum absolute atomic E-state index is 4.04. The smallest absolute Gasteiger partial charge is 0.0128 e. The third-order valence-corrected chi connectivity index (χ3v) is 4.97. The van der Waals surface area contributed by atoms with Crippen molar-refractivity contribution in [1.29, 1.82) is 0 Å². The Balaban J connectivity index is 2.97. The van der Waals surface area contributed by atoms with Gasteiger partial charge in [0.1, 0.15) is 0 Å². The third-order valence-electron chi connectivity index (χ3n) is 4.97. The molecule has 0 N–H and O–H groups in total. The molecule has 0 bridgehead atoms. The number of hydrogen-bond donors (Lipinski definition) is 0. The van der Waals surface area contributed by atoms with Crippen LogP contribution in [-0.4, -0.2) is 0 Å². The molecule has 0 fully saturated rings. The number of allylic oxidation sites excluding steroid dienone is 5. The number of rotatable bonds is 8. The molecule has 0 spiro atoms. The minimum Gasteiger partial charge on any atom is -0.0988 e. The Labute approximate surface area is 127 Å². The van der Waals surface area contributed by atoms with Gasteiger partial charge in [0.25, 0.3) is 0 Å². The predicted molar refractivity (Wildman–Crippen MR) is 91.8 cm³/mol. The minimum absolute atomic E-state index is 0.754. The molecule has 0 nitrogen and oxygen atoms in total. The van der Waals surface area contributed by atoms with Crippen LogP contribution in [-0.2, 0) is 0 Å². The van der Waals surface area contributed by atoms with E-state index in [-0.39, 0.29) is 0 Å². The van der Waals surface area contributed by atoms with Crippen molar-refractivity contribution in [2.24, 2.45) is 17.8 Å². The van der Waals surface area contributed by atoms with Gasteiger partial charge in [0.2, 0.25) is 0 Å². The van der Waals surface area contributed by atoms with Gasteiger partial charge in [0.15, 0.2) is 0 Å². The van der Waals surface area contributed by atoms with E-state index < -0.39 is 0 Å². The average molecular weight is 274 g/mol. The lowest BCUT2D eigenvalue weighted by Gasteiger charge is -2.38. The van der Waals surface area contributed by atoms with Crippen LogP contribution in [0.4, 0.5) is 0 Å². The molecule has 0 saturated carbocycles. The number of unbranched alkanes of at least 4 members (excludes halogenated alkanes) is 1. The molecule has 0 saturated heterocycles. The van der Waals surface area contributed by atoms with Gasteiger partial charge in [-0.2, -0.15) is 0 Å². The summed E-state index contributed by atoms with van der Waals surface area (Å²) in [6.45, 7) is 13.3. The van der Waals surface area contributed by atoms with Gasteiger partial charge >= 0.3 is 0 Å². The monoisotopic (exact) mass is 274 g/mol. The van der Waals surface area contributed by atoms with Crippen LogP contribution in [0.5, 0.6) is 0 Å².